The molecule has 0 atom stereocenters. The van der Waals surface area contributed by atoms with Crippen molar-refractivity contribution < 1.29 is 18.1 Å². The molecular weight excluding hydrogens is 372 g/mol. The molecule has 1 N–H and O–H groups in total. The number of carbonyl (C=O) groups excluding carboxylic acids is 1. The van der Waals surface area contributed by atoms with Crippen LogP contribution in [0, 0.1) is 17.0 Å². The Hall–Kier alpha value is -1.75. The zero-order valence-electron chi connectivity index (χ0n) is 14.0. The molecule has 0 radical (unpaired) electrons. The number of nitro benzene ring substituents is 1. The van der Waals surface area contributed by atoms with E-state index in [1.165, 1.54) is 19.2 Å². The SMILES string of the molecule is Cc1ccc([N+](=O)[O-])cc1S(=O)(=O)N(C)CC(=O)N1CCNCC1.Cl. The molecule has 1 aliphatic rings. The van der Waals surface area contributed by atoms with Crippen LogP contribution in [-0.4, -0.2) is 68.2 Å². The first-order chi connectivity index (χ1) is 11.2. The molecule has 25 heavy (non-hydrogen) atoms. The number of likely N-dealkylation sites (N-methyl/N-ethyl adjacent to an activating group) is 1. The molecule has 1 amide bonds. The lowest BCUT2D eigenvalue weighted by atomic mass is 10.2. The maximum atomic E-state index is 12.7. The Balaban J connectivity index is 0.00000312. The number of carbonyl (C=O) groups is 1. The molecule has 1 heterocycles. The third-order valence-corrected chi connectivity index (χ3v) is 5.84. The van der Waals surface area contributed by atoms with Crippen LogP contribution in [0.2, 0.25) is 0 Å². The standard InChI is InChI=1S/C14H20N4O5S.ClH/c1-11-3-4-12(18(20)21)9-13(11)24(22,23)16(2)10-14(19)17-7-5-15-6-8-17;/h3-4,9,15H,5-8,10H2,1-2H3;1H. The second-order valence-electron chi connectivity index (χ2n) is 5.60. The molecule has 1 aromatic carbocycles. The van der Waals surface area contributed by atoms with E-state index in [4.69, 9.17) is 0 Å². The molecule has 0 saturated carbocycles. The molecule has 2 rings (SSSR count). The molecule has 0 unspecified atom stereocenters. The summed E-state index contributed by atoms with van der Waals surface area (Å²) in [7, 11) is -2.69. The summed E-state index contributed by atoms with van der Waals surface area (Å²) in [6.07, 6.45) is 0. The molecule has 9 nitrogen and oxygen atoms in total. The maximum Gasteiger partial charge on any atom is 0.270 e. The van der Waals surface area contributed by atoms with E-state index in [1.807, 2.05) is 0 Å². The highest BCUT2D eigenvalue weighted by Gasteiger charge is 2.28. The Morgan fingerprint density at radius 1 is 1.36 bits per heavy atom. The van der Waals surface area contributed by atoms with E-state index in [-0.39, 0.29) is 35.4 Å². The summed E-state index contributed by atoms with van der Waals surface area (Å²) in [6.45, 7) is 3.66. The van der Waals surface area contributed by atoms with Gasteiger partial charge in [0, 0.05) is 45.4 Å². The lowest BCUT2D eigenvalue weighted by Crippen LogP contribution is -2.49. The fourth-order valence-electron chi connectivity index (χ4n) is 2.44. The highest BCUT2D eigenvalue weighted by molar-refractivity contribution is 7.89. The zero-order chi connectivity index (χ0) is 17.9. The number of sulfonamides is 1. The van der Waals surface area contributed by atoms with Crippen molar-refractivity contribution in [2.75, 3.05) is 39.8 Å². The van der Waals surface area contributed by atoms with Crippen molar-refractivity contribution in [3.63, 3.8) is 0 Å². The van der Waals surface area contributed by atoms with Gasteiger partial charge in [-0.2, -0.15) is 4.31 Å². The van der Waals surface area contributed by atoms with Gasteiger partial charge in [0.15, 0.2) is 0 Å². The van der Waals surface area contributed by atoms with Gasteiger partial charge in [0.1, 0.15) is 0 Å². The minimum Gasteiger partial charge on any atom is -0.339 e. The summed E-state index contributed by atoms with van der Waals surface area (Å²) in [4.78, 5) is 23.9. The van der Waals surface area contributed by atoms with Crippen LogP contribution in [-0.2, 0) is 14.8 Å². The van der Waals surface area contributed by atoms with Gasteiger partial charge in [-0.1, -0.05) is 6.07 Å². The predicted octanol–water partition coefficient (Wildman–Crippen LogP) is 0.377. The van der Waals surface area contributed by atoms with Crippen LogP contribution >= 0.6 is 12.4 Å². The Kier molecular flexibility index (Phi) is 7.29. The molecule has 140 valence electrons. The highest BCUT2D eigenvalue weighted by atomic mass is 35.5. The van der Waals surface area contributed by atoms with Gasteiger partial charge < -0.3 is 10.2 Å². The minimum atomic E-state index is -3.99. The fourth-order valence-corrected chi connectivity index (χ4v) is 3.80. The molecule has 0 spiro atoms. The maximum absolute atomic E-state index is 12.7. The number of hydrogen-bond donors (Lipinski definition) is 1. The van der Waals surface area contributed by atoms with E-state index in [2.05, 4.69) is 5.32 Å². The summed E-state index contributed by atoms with van der Waals surface area (Å²) < 4.78 is 26.3. The van der Waals surface area contributed by atoms with Gasteiger partial charge in [-0.25, -0.2) is 8.42 Å². The van der Waals surface area contributed by atoms with Gasteiger partial charge in [0.2, 0.25) is 15.9 Å². The van der Waals surface area contributed by atoms with E-state index in [0.717, 1.165) is 10.4 Å². The van der Waals surface area contributed by atoms with Crippen LogP contribution in [0.25, 0.3) is 0 Å². The molecule has 1 fully saturated rings. The van der Waals surface area contributed by atoms with E-state index >= 15 is 0 Å². The van der Waals surface area contributed by atoms with E-state index in [9.17, 15) is 23.3 Å². The molecule has 11 heteroatoms. The number of amides is 1. The van der Waals surface area contributed by atoms with Crippen molar-refractivity contribution in [3.8, 4) is 0 Å². The van der Waals surface area contributed by atoms with Crippen molar-refractivity contribution in [1.82, 2.24) is 14.5 Å². The molecule has 0 aliphatic carbocycles. The normalized spacial score (nSPS) is 14.9. The van der Waals surface area contributed by atoms with Crippen molar-refractivity contribution >= 4 is 34.0 Å². The average molecular weight is 393 g/mol. The Morgan fingerprint density at radius 2 is 1.96 bits per heavy atom. The lowest BCUT2D eigenvalue weighted by Gasteiger charge is -2.29. The highest BCUT2D eigenvalue weighted by Crippen LogP contribution is 2.24. The number of nitrogens with one attached hydrogen (secondary N) is 1. The quantitative estimate of drug-likeness (QED) is 0.572. The molecule has 1 aliphatic heterocycles. The Labute approximate surface area is 152 Å². The second kappa shape index (κ2) is 8.56. The topological polar surface area (TPSA) is 113 Å². The van der Waals surface area contributed by atoms with E-state index < -0.39 is 14.9 Å². The van der Waals surface area contributed by atoms with E-state index in [1.54, 1.807) is 11.8 Å². The molecule has 0 aromatic heterocycles. The van der Waals surface area contributed by atoms with Crippen LogP contribution in [0.15, 0.2) is 23.1 Å². The number of benzene rings is 1. The summed E-state index contributed by atoms with van der Waals surface area (Å²) in [6, 6.07) is 3.66. The van der Waals surface area contributed by atoms with Gasteiger partial charge in [-0.3, -0.25) is 14.9 Å². The van der Waals surface area contributed by atoms with Gasteiger partial charge in [-0.05, 0) is 12.5 Å². The number of non-ortho nitro benzene ring substituents is 1. The van der Waals surface area contributed by atoms with Gasteiger partial charge >= 0.3 is 0 Å². The van der Waals surface area contributed by atoms with Gasteiger partial charge in [-0.15, -0.1) is 12.4 Å². The first-order valence-corrected chi connectivity index (χ1v) is 8.87. The zero-order valence-corrected chi connectivity index (χ0v) is 15.6. The summed E-state index contributed by atoms with van der Waals surface area (Å²) in [5.41, 5.74) is 0.0862. The average Bonchev–Trinajstić information content (AvgIpc) is 2.55. The number of hydrogen-bond acceptors (Lipinski definition) is 6. The number of aryl methyl sites for hydroxylation is 1. The van der Waals surface area contributed by atoms with Crippen molar-refractivity contribution in [2.45, 2.75) is 11.8 Å². The molecule has 1 aromatic rings. The van der Waals surface area contributed by atoms with Crippen LogP contribution in [0.3, 0.4) is 0 Å². The number of piperazine rings is 1. The Bertz CT molecular complexity index is 750. The Morgan fingerprint density at radius 3 is 2.52 bits per heavy atom. The monoisotopic (exact) mass is 392 g/mol. The lowest BCUT2D eigenvalue weighted by molar-refractivity contribution is -0.385. The summed E-state index contributed by atoms with van der Waals surface area (Å²) in [5, 5.41) is 14.0. The van der Waals surface area contributed by atoms with Crippen LogP contribution in [0.4, 0.5) is 5.69 Å². The third-order valence-electron chi connectivity index (χ3n) is 3.90. The molecule has 0 bridgehead atoms. The van der Waals surface area contributed by atoms with Crippen LogP contribution < -0.4 is 5.32 Å². The number of nitro groups is 1. The molecular formula is C14H21ClN4O5S. The van der Waals surface area contributed by atoms with Crippen molar-refractivity contribution in [2.24, 2.45) is 0 Å². The number of halogens is 1. The largest absolute Gasteiger partial charge is 0.339 e. The van der Waals surface area contributed by atoms with Crippen LogP contribution in [0.5, 0.6) is 0 Å². The minimum absolute atomic E-state index is 0. The molecule has 1 saturated heterocycles. The third kappa shape index (κ3) is 4.88. The number of nitrogens with zero attached hydrogens (tertiary/aromatic N) is 3. The second-order valence-corrected chi connectivity index (χ2v) is 7.61. The first-order valence-electron chi connectivity index (χ1n) is 7.43. The van der Waals surface area contributed by atoms with Crippen molar-refractivity contribution in [1.29, 1.82) is 0 Å². The smallest absolute Gasteiger partial charge is 0.270 e. The van der Waals surface area contributed by atoms with Gasteiger partial charge in [0.05, 0.1) is 16.4 Å². The first kappa shape index (κ1) is 21.3. The number of rotatable bonds is 5. The summed E-state index contributed by atoms with van der Waals surface area (Å²) >= 11 is 0. The van der Waals surface area contributed by atoms with E-state index in [0.29, 0.717) is 31.7 Å². The van der Waals surface area contributed by atoms with Crippen LogP contribution in [0.1, 0.15) is 5.56 Å². The summed E-state index contributed by atoms with van der Waals surface area (Å²) in [5.74, 6) is -0.286. The predicted molar refractivity (Wildman–Crippen MR) is 94.3 cm³/mol. The fraction of sp³-hybridized carbons (Fsp3) is 0.500. The van der Waals surface area contributed by atoms with Gasteiger partial charge in [0.25, 0.3) is 5.69 Å². The van der Waals surface area contributed by atoms with Crippen molar-refractivity contribution in [3.05, 3.63) is 33.9 Å².